The van der Waals surface area contributed by atoms with Gasteiger partial charge in [0.15, 0.2) is 0 Å². The highest BCUT2D eigenvalue weighted by atomic mass is 19.3. The second kappa shape index (κ2) is 4.34. The number of hydrogen-bond donors (Lipinski definition) is 3. The van der Waals surface area contributed by atoms with Gasteiger partial charge in [-0.2, -0.15) is 8.78 Å². The molecule has 0 aliphatic carbocycles. The van der Waals surface area contributed by atoms with Crippen LogP contribution in [0.1, 0.15) is 20.8 Å². The lowest BCUT2D eigenvalue weighted by Crippen LogP contribution is -2.78. The van der Waals surface area contributed by atoms with Crippen molar-refractivity contribution in [3.05, 3.63) is 0 Å². The Morgan fingerprint density at radius 3 is 2.11 bits per heavy atom. The zero-order chi connectivity index (χ0) is 14.2. The van der Waals surface area contributed by atoms with Gasteiger partial charge in [0, 0.05) is 13.1 Å². The number of ether oxygens (including phenoxy) is 1. The molecule has 1 fully saturated rings. The van der Waals surface area contributed by atoms with Gasteiger partial charge in [0.2, 0.25) is 0 Å². The number of hydrogen-bond acceptors (Lipinski definition) is 4. The number of carbonyl (C=O) groups is 2. The van der Waals surface area contributed by atoms with Gasteiger partial charge in [-0.3, -0.25) is 0 Å². The van der Waals surface area contributed by atoms with E-state index in [1.54, 1.807) is 20.8 Å². The molecular formula is C10H16F2N2O4. The summed E-state index contributed by atoms with van der Waals surface area (Å²) in [6.07, 6.45) is -1.06. The third-order valence-electron chi connectivity index (χ3n) is 2.46. The largest absolute Gasteiger partial charge is 0.477 e. The van der Waals surface area contributed by atoms with Crippen LogP contribution in [0.2, 0.25) is 0 Å². The van der Waals surface area contributed by atoms with Gasteiger partial charge in [0.05, 0.1) is 0 Å². The van der Waals surface area contributed by atoms with Crippen LogP contribution in [0.5, 0.6) is 0 Å². The lowest BCUT2D eigenvalue weighted by atomic mass is 9.85. The topological polar surface area (TPSA) is 87.7 Å². The number of amides is 1. The van der Waals surface area contributed by atoms with E-state index in [9.17, 15) is 18.4 Å². The first-order chi connectivity index (χ1) is 8.00. The number of alkyl halides is 2. The molecule has 0 aromatic rings. The quantitative estimate of drug-likeness (QED) is 0.695. The third kappa shape index (κ3) is 2.69. The fraction of sp³-hybridized carbons (Fsp3) is 0.800. The number of aliphatic carboxylic acids is 1. The van der Waals surface area contributed by atoms with Crippen molar-refractivity contribution in [1.82, 2.24) is 10.6 Å². The molecule has 0 aromatic carbocycles. The Morgan fingerprint density at radius 2 is 1.83 bits per heavy atom. The van der Waals surface area contributed by atoms with Crippen molar-refractivity contribution in [2.45, 2.75) is 37.8 Å². The molecule has 1 aliphatic heterocycles. The van der Waals surface area contributed by atoms with E-state index in [1.807, 2.05) is 5.32 Å². The summed E-state index contributed by atoms with van der Waals surface area (Å²) >= 11 is 0. The minimum absolute atomic E-state index is 0.328. The summed E-state index contributed by atoms with van der Waals surface area (Å²) in [5.41, 5.74) is -2.98. The van der Waals surface area contributed by atoms with Crippen LogP contribution in [-0.4, -0.2) is 47.3 Å². The van der Waals surface area contributed by atoms with Crippen molar-refractivity contribution in [3.63, 3.8) is 0 Å². The molecule has 1 heterocycles. The van der Waals surface area contributed by atoms with Crippen LogP contribution in [0.15, 0.2) is 0 Å². The molecular weight excluding hydrogens is 250 g/mol. The highest BCUT2D eigenvalue weighted by Gasteiger charge is 2.64. The maximum atomic E-state index is 13.5. The van der Waals surface area contributed by atoms with Crippen LogP contribution in [0.25, 0.3) is 0 Å². The predicted octanol–water partition coefficient (Wildman–Crippen LogP) is 0.573. The SMILES string of the molecule is CC(C)(C)OC(=O)NC1(C(F)(F)C(=O)O)CNC1. The number of carboxylic acid groups (broad SMARTS) is 1. The Morgan fingerprint density at radius 1 is 1.33 bits per heavy atom. The molecule has 0 saturated carbocycles. The van der Waals surface area contributed by atoms with Crippen LogP contribution in [0.4, 0.5) is 13.6 Å². The van der Waals surface area contributed by atoms with Gasteiger partial charge in [-0.15, -0.1) is 0 Å². The first-order valence-electron chi connectivity index (χ1n) is 5.33. The van der Waals surface area contributed by atoms with Crippen molar-refractivity contribution < 1.29 is 28.2 Å². The average molecular weight is 266 g/mol. The molecule has 3 N–H and O–H groups in total. The van der Waals surface area contributed by atoms with E-state index in [2.05, 4.69) is 5.32 Å². The highest BCUT2D eigenvalue weighted by Crippen LogP contribution is 2.32. The molecule has 0 unspecified atom stereocenters. The Labute approximate surface area is 103 Å². The van der Waals surface area contributed by atoms with E-state index in [-0.39, 0.29) is 13.1 Å². The average Bonchev–Trinajstić information content (AvgIpc) is 2.07. The summed E-state index contributed by atoms with van der Waals surface area (Å²) in [5, 5.41) is 13.0. The van der Waals surface area contributed by atoms with Crippen LogP contribution < -0.4 is 10.6 Å². The maximum absolute atomic E-state index is 13.5. The Bertz CT molecular complexity index is 361. The van der Waals surface area contributed by atoms with Crippen LogP contribution >= 0.6 is 0 Å². The summed E-state index contributed by atoms with van der Waals surface area (Å²) in [5.74, 6) is -6.34. The van der Waals surface area contributed by atoms with E-state index >= 15 is 0 Å². The molecule has 0 radical (unpaired) electrons. The smallest absolute Gasteiger partial charge is 0.408 e. The van der Waals surface area contributed by atoms with Gasteiger partial charge in [0.1, 0.15) is 11.1 Å². The molecule has 0 spiro atoms. The number of nitrogens with one attached hydrogen (secondary N) is 2. The van der Waals surface area contributed by atoms with Gasteiger partial charge in [-0.25, -0.2) is 9.59 Å². The normalized spacial score (nSPS) is 18.7. The second-order valence-corrected chi connectivity index (χ2v) is 5.19. The molecule has 0 atom stereocenters. The summed E-state index contributed by atoms with van der Waals surface area (Å²) in [6, 6.07) is 0. The number of halogens is 2. The zero-order valence-corrected chi connectivity index (χ0v) is 10.3. The van der Waals surface area contributed by atoms with Crippen molar-refractivity contribution >= 4 is 12.1 Å². The van der Waals surface area contributed by atoms with E-state index in [0.717, 1.165) is 0 Å². The summed E-state index contributed by atoms with van der Waals surface area (Å²) in [4.78, 5) is 22.0. The standard InChI is InChI=1S/C10H16F2N2O4/c1-8(2,3)18-7(17)14-9(4-13-5-9)10(11,12)6(15)16/h13H,4-5H2,1-3H3,(H,14,17)(H,15,16). The maximum Gasteiger partial charge on any atom is 0.408 e. The van der Waals surface area contributed by atoms with Gasteiger partial charge < -0.3 is 20.5 Å². The van der Waals surface area contributed by atoms with Gasteiger partial charge in [0.25, 0.3) is 0 Å². The molecule has 18 heavy (non-hydrogen) atoms. The summed E-state index contributed by atoms with van der Waals surface area (Å²) in [6.45, 7) is 4.08. The monoisotopic (exact) mass is 266 g/mol. The Hall–Kier alpha value is -1.44. The minimum atomic E-state index is -4.06. The molecule has 1 saturated heterocycles. The molecule has 1 rings (SSSR count). The lowest BCUT2D eigenvalue weighted by Gasteiger charge is -2.45. The molecule has 0 aromatic heterocycles. The number of carboxylic acids is 1. The highest BCUT2D eigenvalue weighted by molar-refractivity contribution is 5.80. The molecule has 6 nitrogen and oxygen atoms in total. The van der Waals surface area contributed by atoms with Crippen molar-refractivity contribution in [1.29, 1.82) is 0 Å². The molecule has 1 amide bonds. The zero-order valence-electron chi connectivity index (χ0n) is 10.3. The lowest BCUT2D eigenvalue weighted by molar-refractivity contribution is -0.183. The molecule has 8 heteroatoms. The van der Waals surface area contributed by atoms with Crippen LogP contribution in [0, 0.1) is 0 Å². The Kier molecular flexibility index (Phi) is 3.53. The van der Waals surface area contributed by atoms with Crippen molar-refractivity contribution in [2.75, 3.05) is 13.1 Å². The van der Waals surface area contributed by atoms with Crippen molar-refractivity contribution in [2.24, 2.45) is 0 Å². The van der Waals surface area contributed by atoms with E-state index in [4.69, 9.17) is 9.84 Å². The summed E-state index contributed by atoms with van der Waals surface area (Å²) in [7, 11) is 0. The number of rotatable bonds is 3. The van der Waals surface area contributed by atoms with Crippen molar-refractivity contribution in [3.8, 4) is 0 Å². The van der Waals surface area contributed by atoms with Crippen LogP contribution in [0.3, 0.4) is 0 Å². The fourth-order valence-corrected chi connectivity index (χ4v) is 1.47. The Balaban J connectivity index is 2.79. The second-order valence-electron chi connectivity index (χ2n) is 5.19. The number of carbonyl (C=O) groups excluding carboxylic acids is 1. The van der Waals surface area contributed by atoms with E-state index < -0.39 is 29.1 Å². The van der Waals surface area contributed by atoms with E-state index in [0.29, 0.717) is 0 Å². The molecule has 0 bridgehead atoms. The first-order valence-corrected chi connectivity index (χ1v) is 5.33. The van der Waals surface area contributed by atoms with E-state index in [1.165, 1.54) is 0 Å². The minimum Gasteiger partial charge on any atom is -0.477 e. The van der Waals surface area contributed by atoms with Gasteiger partial charge in [-0.05, 0) is 20.8 Å². The molecule has 104 valence electrons. The predicted molar refractivity (Wildman–Crippen MR) is 57.6 cm³/mol. The summed E-state index contributed by atoms with van der Waals surface area (Å²) < 4.78 is 31.9. The van der Waals surface area contributed by atoms with Gasteiger partial charge >= 0.3 is 18.0 Å². The fourth-order valence-electron chi connectivity index (χ4n) is 1.47. The van der Waals surface area contributed by atoms with Crippen LogP contribution in [-0.2, 0) is 9.53 Å². The first kappa shape index (κ1) is 14.6. The third-order valence-corrected chi connectivity index (χ3v) is 2.46. The number of alkyl carbamates (subject to hydrolysis) is 1. The van der Waals surface area contributed by atoms with Gasteiger partial charge in [-0.1, -0.05) is 0 Å². The molecule has 1 aliphatic rings.